The molecule has 1 radical (unpaired) electrons. The molecule has 0 aromatic rings. The lowest BCUT2D eigenvalue weighted by atomic mass is 9.78. The van der Waals surface area contributed by atoms with Gasteiger partial charge in [-0.15, -0.1) is 10.3 Å². The number of hydroxylamine groups is 2. The Kier molecular flexibility index (Phi) is 10.1. The Labute approximate surface area is 180 Å². The smallest absolute Gasteiger partial charge is 0.223 e. The molecule has 1 amide bonds. The van der Waals surface area contributed by atoms with Crippen LogP contribution in [0.2, 0.25) is 0 Å². The molecule has 1 rings (SSSR count). The summed E-state index contributed by atoms with van der Waals surface area (Å²) in [6, 6.07) is 0.0892. The minimum absolute atomic E-state index is 0.0892. The molecule has 1 fully saturated rings. The van der Waals surface area contributed by atoms with Crippen molar-refractivity contribution in [2.24, 2.45) is 5.92 Å². The molecule has 29 heavy (non-hydrogen) atoms. The van der Waals surface area contributed by atoms with Crippen molar-refractivity contribution in [1.29, 1.82) is 0 Å². The van der Waals surface area contributed by atoms with E-state index in [1.165, 1.54) is 30.9 Å². The van der Waals surface area contributed by atoms with Gasteiger partial charge in [0, 0.05) is 23.0 Å². The van der Waals surface area contributed by atoms with Gasteiger partial charge in [-0.3, -0.25) is 4.79 Å². The van der Waals surface area contributed by atoms with E-state index in [1.807, 2.05) is 27.7 Å². The zero-order valence-electron chi connectivity index (χ0n) is 20.6. The minimum atomic E-state index is -0.440. The van der Waals surface area contributed by atoms with Gasteiger partial charge in [0.1, 0.15) is 0 Å². The quantitative estimate of drug-likeness (QED) is 0.365. The fourth-order valence-corrected chi connectivity index (χ4v) is 4.87. The summed E-state index contributed by atoms with van der Waals surface area (Å²) in [5, 5.41) is 17.1. The van der Waals surface area contributed by atoms with E-state index in [0.29, 0.717) is 0 Å². The van der Waals surface area contributed by atoms with Crippen LogP contribution in [0.3, 0.4) is 0 Å². The van der Waals surface area contributed by atoms with Gasteiger partial charge in [-0.25, -0.2) is 0 Å². The second kappa shape index (κ2) is 11.1. The van der Waals surface area contributed by atoms with Gasteiger partial charge < -0.3 is 9.80 Å². The lowest BCUT2D eigenvalue weighted by Gasteiger charge is -2.50. The minimum Gasteiger partial charge on any atom is -0.353 e. The number of rotatable bonds is 12. The average Bonchev–Trinajstić information content (AvgIpc) is 2.56. The average molecular weight is 412 g/mol. The predicted octanol–water partition coefficient (Wildman–Crippen LogP) is 4.93. The van der Waals surface area contributed by atoms with Gasteiger partial charge in [-0.05, 0) is 66.2 Å². The van der Waals surface area contributed by atoms with Crippen LogP contribution in [-0.4, -0.2) is 60.3 Å². The molecule has 5 nitrogen and oxygen atoms in total. The molecule has 171 valence electrons. The number of nitrogens with zero attached hydrogens (tertiary/aromatic N) is 2. The van der Waals surface area contributed by atoms with Crippen molar-refractivity contribution in [3.05, 3.63) is 0 Å². The molecule has 0 aliphatic carbocycles. The third-order valence-corrected chi connectivity index (χ3v) is 6.35. The van der Waals surface area contributed by atoms with Crippen molar-refractivity contribution in [3.63, 3.8) is 0 Å². The third kappa shape index (κ3) is 9.35. The Balaban J connectivity index is 2.54. The number of unbranched alkanes of at least 4 members (excludes halogenated alkanes) is 4. The van der Waals surface area contributed by atoms with Crippen molar-refractivity contribution in [2.75, 3.05) is 27.7 Å². The van der Waals surface area contributed by atoms with Crippen LogP contribution in [0.15, 0.2) is 0 Å². The molecular weight excluding hydrogens is 362 g/mol. The normalized spacial score (nSPS) is 21.1. The van der Waals surface area contributed by atoms with Gasteiger partial charge in [-0.1, -0.05) is 32.6 Å². The van der Waals surface area contributed by atoms with Gasteiger partial charge in [0.15, 0.2) is 0 Å². The second-order valence-electron chi connectivity index (χ2n) is 11.6. The molecule has 1 unspecified atom stereocenters. The van der Waals surface area contributed by atoms with E-state index in [2.05, 4.69) is 33.4 Å². The van der Waals surface area contributed by atoms with Crippen LogP contribution in [-0.2, 0) is 10.0 Å². The van der Waals surface area contributed by atoms with Crippen LogP contribution in [0.4, 0.5) is 0 Å². The van der Waals surface area contributed by atoms with E-state index in [-0.39, 0.29) is 17.9 Å². The maximum absolute atomic E-state index is 13.1. The molecule has 1 aliphatic rings. The maximum Gasteiger partial charge on any atom is 0.223 e. The van der Waals surface area contributed by atoms with Gasteiger partial charge in [-0.2, -0.15) is 0 Å². The number of nitrogens with one attached hydrogen (secondary N) is 1. The fourth-order valence-electron chi connectivity index (χ4n) is 4.87. The molecule has 0 aromatic carbocycles. The topological polar surface area (TPSA) is 52.2 Å². The van der Waals surface area contributed by atoms with E-state index in [4.69, 9.17) is 0 Å². The molecule has 5 heteroatoms. The zero-order valence-corrected chi connectivity index (χ0v) is 20.6. The van der Waals surface area contributed by atoms with Crippen LogP contribution in [0, 0.1) is 5.92 Å². The van der Waals surface area contributed by atoms with Crippen molar-refractivity contribution < 1.29 is 14.5 Å². The lowest BCUT2D eigenvalue weighted by Crippen LogP contribution is -2.62. The molecule has 0 bridgehead atoms. The van der Waals surface area contributed by atoms with E-state index in [1.54, 1.807) is 0 Å². The number of carbonyl (C=O) groups excluding carboxylic acids is 1. The number of quaternary nitrogens is 1. The molecule has 0 saturated carbocycles. The molecule has 1 atom stereocenters. The van der Waals surface area contributed by atoms with E-state index in [0.717, 1.165) is 49.4 Å². The number of amides is 1. The van der Waals surface area contributed by atoms with Crippen molar-refractivity contribution >= 4 is 5.91 Å². The van der Waals surface area contributed by atoms with Gasteiger partial charge in [0.25, 0.3) is 0 Å². The molecule has 0 spiro atoms. The van der Waals surface area contributed by atoms with Crippen molar-refractivity contribution in [2.45, 2.75) is 116 Å². The summed E-state index contributed by atoms with van der Waals surface area (Å²) in [5.41, 5.74) is -0.881. The lowest BCUT2D eigenvalue weighted by molar-refractivity contribution is -0.870. The standard InChI is InChI=1S/C24H48N3O2/c1-9-10-15-20(16-13-11-12-14-17-27(6,7)8)22(28)25-21-18-23(2,3)26(29)24(4,5)19-21/h20-21H,9-19H2,1-8H3/p+1. The zero-order chi connectivity index (χ0) is 22.3. The summed E-state index contributed by atoms with van der Waals surface area (Å²) in [6.07, 6.45) is 10.5. The number of piperidine rings is 1. The van der Waals surface area contributed by atoms with E-state index in [9.17, 15) is 10.0 Å². The summed E-state index contributed by atoms with van der Waals surface area (Å²) in [6.45, 7) is 11.4. The number of hydrogen-bond acceptors (Lipinski definition) is 2. The molecule has 1 N–H and O–H groups in total. The predicted molar refractivity (Wildman–Crippen MR) is 121 cm³/mol. The summed E-state index contributed by atoms with van der Waals surface area (Å²) < 4.78 is 1.02. The van der Waals surface area contributed by atoms with E-state index < -0.39 is 11.1 Å². The Morgan fingerprint density at radius 1 is 0.966 bits per heavy atom. The van der Waals surface area contributed by atoms with Crippen LogP contribution in [0.1, 0.15) is 98.8 Å². The van der Waals surface area contributed by atoms with Crippen LogP contribution in [0.5, 0.6) is 0 Å². The highest BCUT2D eigenvalue weighted by molar-refractivity contribution is 5.79. The summed E-state index contributed by atoms with van der Waals surface area (Å²) >= 11 is 0. The van der Waals surface area contributed by atoms with Gasteiger partial charge in [0.05, 0.1) is 27.7 Å². The SMILES string of the molecule is CCCCC(CCCCCC[N+](C)(C)C)C(=O)NC1CC(C)(C)N([O])C(C)(C)C1. The Bertz CT molecular complexity index is 479. The first-order valence-corrected chi connectivity index (χ1v) is 11.9. The van der Waals surface area contributed by atoms with Crippen LogP contribution in [0.25, 0.3) is 0 Å². The van der Waals surface area contributed by atoms with Crippen LogP contribution >= 0.6 is 0 Å². The molecule has 1 saturated heterocycles. The summed E-state index contributed by atoms with van der Waals surface area (Å²) in [4.78, 5) is 13.1. The van der Waals surface area contributed by atoms with Crippen molar-refractivity contribution in [3.8, 4) is 0 Å². The van der Waals surface area contributed by atoms with E-state index >= 15 is 0 Å². The highest BCUT2D eigenvalue weighted by Gasteiger charge is 2.46. The second-order valence-corrected chi connectivity index (χ2v) is 11.6. The molecule has 0 aromatic heterocycles. The first-order chi connectivity index (χ1) is 13.3. The first kappa shape index (κ1) is 26.4. The highest BCUT2D eigenvalue weighted by atomic mass is 16.5. The van der Waals surface area contributed by atoms with Gasteiger partial charge in [0.2, 0.25) is 5.91 Å². The van der Waals surface area contributed by atoms with Crippen LogP contribution < -0.4 is 5.32 Å². The largest absolute Gasteiger partial charge is 0.353 e. The fraction of sp³-hybridized carbons (Fsp3) is 0.958. The molecular formula is C24H49N3O2+. The maximum atomic E-state index is 13.1. The first-order valence-electron chi connectivity index (χ1n) is 11.9. The summed E-state index contributed by atoms with van der Waals surface area (Å²) in [7, 11) is 6.72. The number of carbonyl (C=O) groups is 1. The Morgan fingerprint density at radius 2 is 1.48 bits per heavy atom. The third-order valence-electron chi connectivity index (χ3n) is 6.35. The summed E-state index contributed by atoms with van der Waals surface area (Å²) in [5.74, 6) is 0.325. The Morgan fingerprint density at radius 3 is 2.00 bits per heavy atom. The monoisotopic (exact) mass is 411 g/mol. The van der Waals surface area contributed by atoms with Crippen molar-refractivity contribution in [1.82, 2.24) is 10.4 Å². The highest BCUT2D eigenvalue weighted by Crippen LogP contribution is 2.37. The molecule has 1 heterocycles. The molecule has 1 aliphatic heterocycles. The van der Waals surface area contributed by atoms with Gasteiger partial charge >= 0.3 is 0 Å². The number of hydrogen-bond donors (Lipinski definition) is 1. The Hall–Kier alpha value is -0.650.